The monoisotopic (exact) mass is 409 g/mol. The molecule has 3 N–H and O–H groups in total. The zero-order valence-electron chi connectivity index (χ0n) is 15.7. The Hall–Kier alpha value is -1.70. The van der Waals surface area contributed by atoms with E-state index < -0.39 is 17.8 Å². The zero-order valence-corrected chi connectivity index (χ0v) is 17.3. The summed E-state index contributed by atoms with van der Waals surface area (Å²) in [5.41, 5.74) is 1.86. The summed E-state index contributed by atoms with van der Waals surface area (Å²) in [5.74, 6) is -1.44. The number of carbonyl (C=O) groups is 2. The second-order valence-electron chi connectivity index (χ2n) is 6.96. The molecule has 0 aliphatic carbocycles. The first-order chi connectivity index (χ1) is 12.8. The van der Waals surface area contributed by atoms with Crippen molar-refractivity contribution in [3.05, 3.63) is 46.1 Å². The van der Waals surface area contributed by atoms with Crippen LogP contribution in [0.15, 0.2) is 35.5 Å². The summed E-state index contributed by atoms with van der Waals surface area (Å²) in [6, 6.07) is 7.26. The Labute approximate surface area is 168 Å². The molecule has 2 aliphatic rings. The molecule has 4 atom stereocenters. The van der Waals surface area contributed by atoms with Crippen LogP contribution in [-0.2, 0) is 14.3 Å². The quantitative estimate of drug-likeness (QED) is 0.663. The van der Waals surface area contributed by atoms with Crippen molar-refractivity contribution in [1.29, 1.82) is 0 Å². The third-order valence-corrected chi connectivity index (χ3v) is 5.72. The maximum atomic E-state index is 12.9. The van der Waals surface area contributed by atoms with Crippen LogP contribution in [0.3, 0.4) is 0 Å². The summed E-state index contributed by atoms with van der Waals surface area (Å²) in [5, 5.41) is 10.2. The van der Waals surface area contributed by atoms with E-state index in [1.807, 2.05) is 39.2 Å². The van der Waals surface area contributed by atoms with Crippen molar-refractivity contribution in [3.8, 4) is 0 Å². The first-order valence-corrected chi connectivity index (χ1v) is 10.5. The molecule has 3 rings (SSSR count). The normalized spacial score (nSPS) is 27.7. The van der Waals surface area contributed by atoms with Gasteiger partial charge in [-0.2, -0.15) is 0 Å². The number of thioether (sulfide) groups is 1. The summed E-state index contributed by atoms with van der Waals surface area (Å²) >= 11 is 7.55. The minimum Gasteiger partial charge on any atom is -0.460 e. The fourth-order valence-electron chi connectivity index (χ4n) is 3.61. The molecule has 0 spiro atoms. The number of hydrogen-bond donors (Lipinski definition) is 3. The van der Waals surface area contributed by atoms with Crippen LogP contribution >= 0.6 is 23.4 Å². The first-order valence-electron chi connectivity index (χ1n) is 8.84. The Bertz CT molecular complexity index is 766. The van der Waals surface area contributed by atoms with Gasteiger partial charge in [-0.1, -0.05) is 23.7 Å². The summed E-state index contributed by atoms with van der Waals surface area (Å²) < 4.78 is 5.47. The molecule has 0 aromatic heterocycles. The van der Waals surface area contributed by atoms with Crippen molar-refractivity contribution >= 4 is 35.2 Å². The van der Waals surface area contributed by atoms with Gasteiger partial charge in [0.2, 0.25) is 5.91 Å². The minimum atomic E-state index is -0.493. The molecule has 146 valence electrons. The number of fused-ring (bicyclic) bond motifs is 1. The maximum Gasteiger partial charge on any atom is 0.336 e. The van der Waals surface area contributed by atoms with Crippen molar-refractivity contribution < 1.29 is 14.3 Å². The number of rotatable bonds is 4. The Morgan fingerprint density at radius 2 is 1.89 bits per heavy atom. The number of allylic oxidation sites excluding steroid dienone is 1. The van der Waals surface area contributed by atoms with Crippen LogP contribution in [-0.4, -0.2) is 35.9 Å². The molecule has 1 fully saturated rings. The average Bonchev–Trinajstić information content (AvgIpc) is 2.60. The number of nitrogens with one attached hydrogen (secondary N) is 3. The number of esters is 1. The molecule has 0 saturated carbocycles. The second-order valence-corrected chi connectivity index (χ2v) is 8.34. The maximum absolute atomic E-state index is 12.9. The Morgan fingerprint density at radius 3 is 2.48 bits per heavy atom. The van der Waals surface area contributed by atoms with Crippen LogP contribution in [0.25, 0.3) is 0 Å². The smallest absolute Gasteiger partial charge is 0.336 e. The third kappa shape index (κ3) is 4.10. The van der Waals surface area contributed by atoms with Gasteiger partial charge in [0.15, 0.2) is 0 Å². The Kier molecular flexibility index (Phi) is 6.03. The first kappa shape index (κ1) is 20.0. The van der Waals surface area contributed by atoms with Crippen molar-refractivity contribution in [3.63, 3.8) is 0 Å². The van der Waals surface area contributed by atoms with Gasteiger partial charge in [0.05, 0.1) is 23.8 Å². The predicted octanol–water partition coefficient (Wildman–Crippen LogP) is 2.56. The fraction of sp³-hybridized carbons (Fsp3) is 0.474. The minimum absolute atomic E-state index is 0.104. The molecule has 0 radical (unpaired) electrons. The SMILES string of the molecule is CSC1NC(=O)C2C(NC(C)=C(C(=O)OC(C)C)C2c2ccc(Cl)cc2)N1. The van der Waals surface area contributed by atoms with E-state index in [0.717, 1.165) is 5.56 Å². The highest BCUT2D eigenvalue weighted by Gasteiger charge is 2.48. The highest BCUT2D eigenvalue weighted by Crippen LogP contribution is 2.41. The lowest BCUT2D eigenvalue weighted by Crippen LogP contribution is -2.67. The van der Waals surface area contributed by atoms with Crippen molar-refractivity contribution in [2.45, 2.75) is 44.5 Å². The third-order valence-electron chi connectivity index (χ3n) is 4.74. The number of carbonyl (C=O) groups excluding carboxylic acids is 2. The summed E-state index contributed by atoms with van der Waals surface area (Å²) in [6.07, 6.45) is 1.39. The van der Waals surface area contributed by atoms with Crippen molar-refractivity contribution in [2.75, 3.05) is 6.26 Å². The van der Waals surface area contributed by atoms with Gasteiger partial charge >= 0.3 is 5.97 Å². The standard InChI is InChI=1S/C19H24ClN3O3S/c1-9(2)26-18(25)13-10(3)21-16-15(17(24)23-19(22-16)27-4)14(13)11-5-7-12(20)8-6-11/h5-9,14-16,19,21-22H,1-4H3,(H,23,24). The molecule has 4 unspecified atom stereocenters. The predicted molar refractivity (Wildman–Crippen MR) is 107 cm³/mol. The van der Waals surface area contributed by atoms with E-state index in [2.05, 4.69) is 16.0 Å². The lowest BCUT2D eigenvalue weighted by atomic mass is 9.74. The molecule has 1 aromatic carbocycles. The number of hydrogen-bond acceptors (Lipinski definition) is 6. The Morgan fingerprint density at radius 1 is 1.22 bits per heavy atom. The van der Waals surface area contributed by atoms with Crippen LogP contribution in [0, 0.1) is 5.92 Å². The summed E-state index contributed by atoms with van der Waals surface area (Å²) in [4.78, 5) is 25.8. The van der Waals surface area contributed by atoms with Gasteiger partial charge in [-0.15, -0.1) is 11.8 Å². The van der Waals surface area contributed by atoms with Crippen LogP contribution in [0.2, 0.25) is 5.02 Å². The van der Waals surface area contributed by atoms with Gasteiger partial charge in [-0.05, 0) is 44.7 Å². The molecule has 0 bridgehead atoms. The highest BCUT2D eigenvalue weighted by molar-refractivity contribution is 7.99. The van der Waals surface area contributed by atoms with Crippen LogP contribution < -0.4 is 16.0 Å². The number of amides is 1. The van der Waals surface area contributed by atoms with E-state index in [-0.39, 0.29) is 23.7 Å². The molecule has 2 heterocycles. The summed E-state index contributed by atoms with van der Waals surface area (Å²) in [6.45, 7) is 5.46. The van der Waals surface area contributed by atoms with Gasteiger partial charge in [-0.25, -0.2) is 4.79 Å². The van der Waals surface area contributed by atoms with Crippen LogP contribution in [0.1, 0.15) is 32.3 Å². The average molecular weight is 410 g/mol. The van der Waals surface area contributed by atoms with Crippen molar-refractivity contribution in [2.24, 2.45) is 5.92 Å². The molecule has 6 nitrogen and oxygen atoms in total. The second kappa shape index (κ2) is 8.12. The van der Waals surface area contributed by atoms with Gasteiger partial charge < -0.3 is 15.4 Å². The number of benzene rings is 1. The molecule has 8 heteroatoms. The van der Waals surface area contributed by atoms with E-state index in [1.54, 1.807) is 12.1 Å². The number of halogens is 1. The zero-order chi connectivity index (χ0) is 19.7. The fourth-order valence-corrected chi connectivity index (χ4v) is 4.26. The van der Waals surface area contributed by atoms with Gasteiger partial charge in [0.25, 0.3) is 0 Å². The van der Waals surface area contributed by atoms with Crippen molar-refractivity contribution in [1.82, 2.24) is 16.0 Å². The topological polar surface area (TPSA) is 79.5 Å². The van der Waals surface area contributed by atoms with E-state index in [4.69, 9.17) is 16.3 Å². The molecular formula is C19H24ClN3O3S. The van der Waals surface area contributed by atoms with E-state index >= 15 is 0 Å². The Balaban J connectivity index is 2.08. The molecular weight excluding hydrogens is 386 g/mol. The largest absolute Gasteiger partial charge is 0.460 e. The van der Waals surface area contributed by atoms with Gasteiger partial charge in [-0.3, -0.25) is 10.1 Å². The molecule has 27 heavy (non-hydrogen) atoms. The summed E-state index contributed by atoms with van der Waals surface area (Å²) in [7, 11) is 0. The lowest BCUT2D eigenvalue weighted by molar-refractivity contribution is -0.143. The van der Waals surface area contributed by atoms with Crippen LogP contribution in [0.5, 0.6) is 0 Å². The molecule has 2 aliphatic heterocycles. The van der Waals surface area contributed by atoms with E-state index in [0.29, 0.717) is 16.3 Å². The van der Waals surface area contributed by atoms with Crippen LogP contribution in [0.4, 0.5) is 0 Å². The lowest BCUT2D eigenvalue weighted by Gasteiger charge is -2.45. The van der Waals surface area contributed by atoms with Gasteiger partial charge in [0, 0.05) is 16.6 Å². The highest BCUT2D eigenvalue weighted by atomic mass is 35.5. The molecule has 1 saturated heterocycles. The van der Waals surface area contributed by atoms with E-state index in [1.165, 1.54) is 11.8 Å². The van der Waals surface area contributed by atoms with Gasteiger partial charge in [0.1, 0.15) is 5.50 Å². The molecule has 1 aromatic rings. The van der Waals surface area contributed by atoms with E-state index in [9.17, 15) is 9.59 Å². The number of ether oxygens (including phenoxy) is 1. The molecule has 1 amide bonds.